The van der Waals surface area contributed by atoms with Gasteiger partial charge in [0, 0.05) is 6.07 Å². The van der Waals surface area contributed by atoms with Crippen LogP contribution < -0.4 is 10.1 Å². The summed E-state index contributed by atoms with van der Waals surface area (Å²) in [4.78, 5) is 34.9. The molecule has 1 aromatic heterocycles. The Balaban J connectivity index is 2.20. The second-order valence-electron chi connectivity index (χ2n) is 5.89. The van der Waals surface area contributed by atoms with Gasteiger partial charge in [0.2, 0.25) is 5.75 Å². The van der Waals surface area contributed by atoms with Gasteiger partial charge in [-0.2, -0.15) is 5.26 Å². The molecule has 2 aromatic rings. The average Bonchev–Trinajstić information content (AvgIpc) is 2.94. The summed E-state index contributed by atoms with van der Waals surface area (Å²) in [7, 11) is 1.22. The first kappa shape index (κ1) is 20.9. The highest BCUT2D eigenvalue weighted by Crippen LogP contribution is 2.34. The van der Waals surface area contributed by atoms with Crippen LogP contribution in [0.4, 0.5) is 10.7 Å². The maximum absolute atomic E-state index is 12.2. The van der Waals surface area contributed by atoms with Crippen molar-refractivity contribution in [1.82, 2.24) is 0 Å². The summed E-state index contributed by atoms with van der Waals surface area (Å²) in [5, 5.41) is 23.2. The SMILES string of the molecule is COC(=O)c1sc(NC(=O)COc2c(C)cc(C)cc2[N+](=O)[O-])c(C#N)c1C. The lowest BCUT2D eigenvalue weighted by Crippen LogP contribution is -2.20. The molecule has 10 heteroatoms. The Hall–Kier alpha value is -3.45. The molecule has 1 N–H and O–H groups in total. The normalized spacial score (nSPS) is 10.1. The summed E-state index contributed by atoms with van der Waals surface area (Å²) in [5.74, 6) is -1.23. The third-order valence-corrected chi connectivity index (χ3v) is 5.01. The summed E-state index contributed by atoms with van der Waals surface area (Å²) in [6, 6.07) is 5.01. The van der Waals surface area contributed by atoms with Crippen LogP contribution in [0.3, 0.4) is 0 Å². The van der Waals surface area contributed by atoms with Crippen LogP contribution in [0, 0.1) is 42.2 Å². The van der Waals surface area contributed by atoms with Crippen molar-refractivity contribution >= 4 is 33.9 Å². The van der Waals surface area contributed by atoms with Crippen molar-refractivity contribution in [3.05, 3.63) is 49.4 Å². The predicted octanol–water partition coefficient (Wildman–Crippen LogP) is 3.26. The standard InChI is InChI=1S/C18H17N3O6S/c1-9-5-10(2)15(13(6-9)21(24)25)27-8-14(22)20-17-12(7-19)11(3)16(28-17)18(23)26-4/h5-6H,8H2,1-4H3,(H,20,22). The lowest BCUT2D eigenvalue weighted by atomic mass is 10.1. The van der Waals surface area contributed by atoms with Crippen LogP contribution in [-0.4, -0.2) is 30.5 Å². The molecular weight excluding hydrogens is 386 g/mol. The van der Waals surface area contributed by atoms with Crippen LogP contribution in [0.15, 0.2) is 12.1 Å². The van der Waals surface area contributed by atoms with Gasteiger partial charge in [-0.25, -0.2) is 4.79 Å². The second kappa shape index (κ2) is 8.49. The van der Waals surface area contributed by atoms with E-state index in [9.17, 15) is 25.0 Å². The molecule has 1 amide bonds. The molecule has 146 valence electrons. The van der Waals surface area contributed by atoms with Crippen molar-refractivity contribution in [3.8, 4) is 11.8 Å². The number of nitrogens with one attached hydrogen (secondary N) is 1. The Labute approximate surface area is 164 Å². The number of thiophene rings is 1. The minimum atomic E-state index is -0.622. The number of benzene rings is 1. The van der Waals surface area contributed by atoms with Crippen LogP contribution in [0.1, 0.15) is 31.9 Å². The Morgan fingerprint density at radius 2 is 2.00 bits per heavy atom. The maximum atomic E-state index is 12.2. The average molecular weight is 403 g/mol. The second-order valence-corrected chi connectivity index (χ2v) is 6.91. The van der Waals surface area contributed by atoms with E-state index < -0.39 is 23.4 Å². The minimum Gasteiger partial charge on any atom is -0.477 e. The van der Waals surface area contributed by atoms with Crippen LogP contribution in [-0.2, 0) is 9.53 Å². The smallest absolute Gasteiger partial charge is 0.348 e. The summed E-state index contributed by atoms with van der Waals surface area (Å²) in [6.07, 6.45) is 0. The zero-order valence-electron chi connectivity index (χ0n) is 15.6. The number of hydrogen-bond donors (Lipinski definition) is 1. The first-order chi connectivity index (χ1) is 13.2. The fourth-order valence-corrected chi connectivity index (χ4v) is 3.67. The summed E-state index contributed by atoms with van der Waals surface area (Å²) < 4.78 is 10.0. The van der Waals surface area contributed by atoms with E-state index >= 15 is 0 Å². The Morgan fingerprint density at radius 3 is 2.57 bits per heavy atom. The zero-order valence-corrected chi connectivity index (χ0v) is 16.4. The van der Waals surface area contributed by atoms with Gasteiger partial charge in [-0.15, -0.1) is 11.3 Å². The molecule has 0 aliphatic carbocycles. The van der Waals surface area contributed by atoms with Gasteiger partial charge in [-0.3, -0.25) is 14.9 Å². The van der Waals surface area contributed by atoms with Crippen molar-refractivity contribution in [3.63, 3.8) is 0 Å². The molecule has 9 nitrogen and oxygen atoms in total. The highest BCUT2D eigenvalue weighted by Gasteiger charge is 2.23. The first-order valence-electron chi connectivity index (χ1n) is 7.99. The summed E-state index contributed by atoms with van der Waals surface area (Å²) in [5.41, 5.74) is 1.54. The highest BCUT2D eigenvalue weighted by atomic mass is 32.1. The van der Waals surface area contributed by atoms with Crippen molar-refractivity contribution in [2.45, 2.75) is 20.8 Å². The van der Waals surface area contributed by atoms with E-state index in [1.807, 2.05) is 6.07 Å². The fraction of sp³-hybridized carbons (Fsp3) is 0.278. The van der Waals surface area contributed by atoms with Gasteiger partial charge in [0.1, 0.15) is 15.9 Å². The van der Waals surface area contributed by atoms with E-state index in [1.54, 1.807) is 26.8 Å². The monoisotopic (exact) mass is 403 g/mol. The third kappa shape index (κ3) is 4.27. The number of nitro benzene ring substituents is 1. The van der Waals surface area contributed by atoms with Crippen LogP contribution in [0.5, 0.6) is 5.75 Å². The summed E-state index contributed by atoms with van der Waals surface area (Å²) in [6.45, 7) is 4.44. The van der Waals surface area contributed by atoms with Crippen molar-refractivity contribution in [1.29, 1.82) is 5.26 Å². The number of rotatable bonds is 6. The lowest BCUT2D eigenvalue weighted by molar-refractivity contribution is -0.385. The molecule has 0 bridgehead atoms. The lowest BCUT2D eigenvalue weighted by Gasteiger charge is -2.10. The number of aryl methyl sites for hydroxylation is 2. The molecule has 0 unspecified atom stereocenters. The van der Waals surface area contributed by atoms with Crippen LogP contribution in [0.25, 0.3) is 0 Å². The van der Waals surface area contributed by atoms with Crippen molar-refractivity contribution in [2.24, 2.45) is 0 Å². The molecule has 1 heterocycles. The Morgan fingerprint density at radius 1 is 1.32 bits per heavy atom. The topological polar surface area (TPSA) is 132 Å². The van der Waals surface area contributed by atoms with E-state index in [0.717, 1.165) is 11.3 Å². The quantitative estimate of drug-likeness (QED) is 0.445. The van der Waals surface area contributed by atoms with E-state index in [-0.39, 0.29) is 26.9 Å². The van der Waals surface area contributed by atoms with Crippen molar-refractivity contribution < 1.29 is 24.0 Å². The fourth-order valence-electron chi connectivity index (χ4n) is 2.58. The van der Waals surface area contributed by atoms with Gasteiger partial charge < -0.3 is 14.8 Å². The third-order valence-electron chi connectivity index (χ3n) is 3.83. The molecule has 0 saturated heterocycles. The number of carbonyl (C=O) groups excluding carboxylic acids is 2. The first-order valence-corrected chi connectivity index (χ1v) is 8.81. The van der Waals surface area contributed by atoms with Crippen LogP contribution in [0.2, 0.25) is 0 Å². The minimum absolute atomic E-state index is 0.00358. The Kier molecular flexibility index (Phi) is 6.33. The molecule has 0 aliphatic heterocycles. The predicted molar refractivity (Wildman–Crippen MR) is 102 cm³/mol. The molecule has 0 saturated carbocycles. The van der Waals surface area contributed by atoms with Gasteiger partial charge in [0.25, 0.3) is 5.91 Å². The van der Waals surface area contributed by atoms with Crippen molar-refractivity contribution in [2.75, 3.05) is 19.0 Å². The molecular formula is C18H17N3O6S. The highest BCUT2D eigenvalue weighted by molar-refractivity contribution is 7.18. The molecule has 0 radical (unpaired) electrons. The number of methoxy groups -OCH3 is 1. The number of nitrogens with zero attached hydrogens (tertiary/aromatic N) is 2. The Bertz CT molecular complexity index is 1010. The zero-order chi connectivity index (χ0) is 21.0. The van der Waals surface area contributed by atoms with E-state index in [4.69, 9.17) is 4.74 Å². The molecule has 0 aliphatic rings. The molecule has 0 fully saturated rings. The number of amides is 1. The number of nitro groups is 1. The van der Waals surface area contributed by atoms with Gasteiger partial charge in [-0.1, -0.05) is 6.07 Å². The number of esters is 1. The molecule has 2 rings (SSSR count). The van der Waals surface area contributed by atoms with E-state index in [2.05, 4.69) is 10.1 Å². The number of hydrogen-bond acceptors (Lipinski definition) is 8. The van der Waals surface area contributed by atoms with Crippen LogP contribution >= 0.6 is 11.3 Å². The van der Waals surface area contributed by atoms with Gasteiger partial charge in [-0.05, 0) is 37.5 Å². The van der Waals surface area contributed by atoms with E-state index in [0.29, 0.717) is 16.7 Å². The largest absolute Gasteiger partial charge is 0.477 e. The maximum Gasteiger partial charge on any atom is 0.348 e. The molecule has 1 aromatic carbocycles. The van der Waals surface area contributed by atoms with Gasteiger partial charge in [0.05, 0.1) is 17.6 Å². The molecule has 0 spiro atoms. The molecule has 0 atom stereocenters. The number of nitriles is 1. The number of ether oxygens (including phenoxy) is 2. The molecule has 28 heavy (non-hydrogen) atoms. The number of carbonyl (C=O) groups is 2. The number of anilines is 1. The van der Waals surface area contributed by atoms with E-state index in [1.165, 1.54) is 13.2 Å². The van der Waals surface area contributed by atoms with Gasteiger partial charge >= 0.3 is 11.7 Å². The van der Waals surface area contributed by atoms with Gasteiger partial charge in [0.15, 0.2) is 6.61 Å². The summed E-state index contributed by atoms with van der Waals surface area (Å²) >= 11 is 0.914.